The van der Waals surface area contributed by atoms with Crippen molar-refractivity contribution in [1.29, 1.82) is 0 Å². The Morgan fingerprint density at radius 3 is 2.73 bits per heavy atom. The molecule has 15 heavy (non-hydrogen) atoms. The highest BCUT2D eigenvalue weighted by molar-refractivity contribution is 5.72. The van der Waals surface area contributed by atoms with E-state index >= 15 is 0 Å². The van der Waals surface area contributed by atoms with Crippen LogP contribution in [0.3, 0.4) is 0 Å². The van der Waals surface area contributed by atoms with Gasteiger partial charge in [0.25, 0.3) is 0 Å². The Morgan fingerprint density at radius 1 is 1.60 bits per heavy atom. The third-order valence-corrected chi connectivity index (χ3v) is 2.59. The molecular formula is C11H21NO3. The molecule has 1 N–H and O–H groups in total. The zero-order chi connectivity index (χ0) is 11.3. The van der Waals surface area contributed by atoms with Gasteiger partial charge >= 0.3 is 5.97 Å². The first-order valence-electron chi connectivity index (χ1n) is 5.52. The molecule has 1 fully saturated rings. The lowest BCUT2D eigenvalue weighted by Crippen LogP contribution is -2.48. The van der Waals surface area contributed by atoms with Gasteiger partial charge in [-0.3, -0.25) is 4.79 Å². The molecule has 0 aromatic heterocycles. The first-order chi connectivity index (χ1) is 7.07. The van der Waals surface area contributed by atoms with Crippen molar-refractivity contribution in [1.82, 2.24) is 5.32 Å². The van der Waals surface area contributed by atoms with E-state index in [1.807, 2.05) is 13.8 Å². The smallest absolute Gasteiger partial charge is 0.309 e. The summed E-state index contributed by atoms with van der Waals surface area (Å²) < 4.78 is 10.1. The summed E-state index contributed by atoms with van der Waals surface area (Å²) in [7, 11) is 0. The first-order valence-corrected chi connectivity index (χ1v) is 5.52. The number of ether oxygens (including phenoxy) is 2. The van der Waals surface area contributed by atoms with Gasteiger partial charge in [-0.25, -0.2) is 0 Å². The topological polar surface area (TPSA) is 47.6 Å². The zero-order valence-electron chi connectivity index (χ0n) is 9.84. The molecule has 88 valence electrons. The summed E-state index contributed by atoms with van der Waals surface area (Å²) in [5, 5.41) is 3.29. The van der Waals surface area contributed by atoms with Crippen molar-refractivity contribution in [2.24, 2.45) is 11.3 Å². The van der Waals surface area contributed by atoms with Crippen molar-refractivity contribution >= 4 is 5.97 Å². The normalized spacial score (nSPS) is 20.5. The van der Waals surface area contributed by atoms with Gasteiger partial charge in [-0.05, 0) is 6.92 Å². The summed E-state index contributed by atoms with van der Waals surface area (Å²) in [6, 6.07) is 0. The van der Waals surface area contributed by atoms with Crippen molar-refractivity contribution in [3.63, 3.8) is 0 Å². The van der Waals surface area contributed by atoms with Crippen LogP contribution in [0.1, 0.15) is 20.8 Å². The molecule has 0 spiro atoms. The van der Waals surface area contributed by atoms with Crippen LogP contribution in [0.2, 0.25) is 0 Å². The van der Waals surface area contributed by atoms with Crippen LogP contribution in [0.15, 0.2) is 0 Å². The summed E-state index contributed by atoms with van der Waals surface area (Å²) in [5.74, 6) is -0.199. The average molecular weight is 215 g/mol. The number of rotatable bonds is 6. The van der Waals surface area contributed by atoms with Gasteiger partial charge in [0.05, 0.1) is 25.7 Å². The molecule has 1 heterocycles. The largest absolute Gasteiger partial charge is 0.466 e. The van der Waals surface area contributed by atoms with Gasteiger partial charge in [-0.15, -0.1) is 0 Å². The lowest BCUT2D eigenvalue weighted by molar-refractivity contribution is -0.147. The second kappa shape index (κ2) is 5.47. The van der Waals surface area contributed by atoms with Gasteiger partial charge in [0.15, 0.2) is 0 Å². The SMILES string of the molecule is CCOC(=O)C(C)CNCC1(C)COC1. The standard InChI is InChI=1S/C11H21NO3/c1-4-15-10(13)9(2)5-12-6-11(3)7-14-8-11/h9,12H,4-8H2,1-3H3. The quantitative estimate of drug-likeness (QED) is 0.666. The fourth-order valence-electron chi connectivity index (χ4n) is 1.51. The lowest BCUT2D eigenvalue weighted by Gasteiger charge is -2.38. The molecule has 4 nitrogen and oxygen atoms in total. The number of hydrogen-bond donors (Lipinski definition) is 1. The molecule has 1 unspecified atom stereocenters. The molecule has 1 rings (SSSR count). The van der Waals surface area contributed by atoms with E-state index in [4.69, 9.17) is 9.47 Å². The van der Waals surface area contributed by atoms with Crippen LogP contribution in [0.4, 0.5) is 0 Å². The van der Waals surface area contributed by atoms with E-state index in [1.165, 1.54) is 0 Å². The fourth-order valence-corrected chi connectivity index (χ4v) is 1.51. The van der Waals surface area contributed by atoms with Crippen LogP contribution < -0.4 is 5.32 Å². The Kier molecular flexibility index (Phi) is 4.54. The molecule has 1 atom stereocenters. The maximum atomic E-state index is 11.3. The molecule has 1 saturated heterocycles. The zero-order valence-corrected chi connectivity index (χ0v) is 9.84. The van der Waals surface area contributed by atoms with E-state index in [1.54, 1.807) is 0 Å². The highest BCUT2D eigenvalue weighted by Crippen LogP contribution is 2.24. The predicted molar refractivity (Wildman–Crippen MR) is 57.6 cm³/mol. The molecule has 0 aliphatic carbocycles. The molecule has 0 aromatic carbocycles. The summed E-state index contributed by atoms with van der Waals surface area (Å²) in [4.78, 5) is 11.3. The number of carbonyl (C=O) groups is 1. The van der Waals surface area contributed by atoms with Crippen molar-refractivity contribution in [2.45, 2.75) is 20.8 Å². The van der Waals surface area contributed by atoms with Gasteiger partial charge in [0, 0.05) is 18.5 Å². The van der Waals surface area contributed by atoms with E-state index in [9.17, 15) is 4.79 Å². The molecule has 1 aliphatic heterocycles. The second-order valence-electron chi connectivity index (χ2n) is 4.59. The molecule has 0 amide bonds. The van der Waals surface area contributed by atoms with Crippen molar-refractivity contribution in [3.8, 4) is 0 Å². The molecule has 1 aliphatic rings. The third-order valence-electron chi connectivity index (χ3n) is 2.59. The van der Waals surface area contributed by atoms with Crippen LogP contribution in [0.5, 0.6) is 0 Å². The Morgan fingerprint density at radius 2 is 2.27 bits per heavy atom. The Labute approximate surface area is 91.3 Å². The van der Waals surface area contributed by atoms with E-state index in [-0.39, 0.29) is 17.3 Å². The summed E-state index contributed by atoms with van der Waals surface area (Å²) in [6.07, 6.45) is 0. The van der Waals surface area contributed by atoms with Gasteiger partial charge in [-0.2, -0.15) is 0 Å². The van der Waals surface area contributed by atoms with Crippen LogP contribution >= 0.6 is 0 Å². The van der Waals surface area contributed by atoms with Crippen LogP contribution in [-0.2, 0) is 14.3 Å². The third kappa shape index (κ3) is 3.80. The maximum absolute atomic E-state index is 11.3. The molecular weight excluding hydrogens is 194 g/mol. The number of hydrogen-bond acceptors (Lipinski definition) is 4. The van der Waals surface area contributed by atoms with Crippen molar-refractivity contribution in [2.75, 3.05) is 32.9 Å². The summed E-state index contributed by atoms with van der Waals surface area (Å²) >= 11 is 0. The highest BCUT2D eigenvalue weighted by Gasteiger charge is 2.32. The van der Waals surface area contributed by atoms with Crippen molar-refractivity contribution < 1.29 is 14.3 Å². The monoisotopic (exact) mass is 215 g/mol. The number of esters is 1. The van der Waals surface area contributed by atoms with Gasteiger partial charge < -0.3 is 14.8 Å². The van der Waals surface area contributed by atoms with E-state index in [0.29, 0.717) is 13.2 Å². The van der Waals surface area contributed by atoms with Gasteiger partial charge in [0.2, 0.25) is 0 Å². The average Bonchev–Trinajstić information content (AvgIpc) is 2.15. The molecule has 0 radical (unpaired) electrons. The highest BCUT2D eigenvalue weighted by atomic mass is 16.5. The Balaban J connectivity index is 2.11. The van der Waals surface area contributed by atoms with Crippen LogP contribution in [0.25, 0.3) is 0 Å². The Hall–Kier alpha value is -0.610. The Bertz CT molecular complexity index is 214. The predicted octanol–water partition coefficient (Wildman–Crippen LogP) is 0.812. The number of carbonyl (C=O) groups excluding carboxylic acids is 1. The first kappa shape index (κ1) is 12.5. The number of nitrogens with one attached hydrogen (secondary N) is 1. The summed E-state index contributed by atoms with van der Waals surface area (Å²) in [6.45, 7) is 9.54. The van der Waals surface area contributed by atoms with Crippen LogP contribution in [-0.4, -0.2) is 38.9 Å². The molecule has 0 bridgehead atoms. The fraction of sp³-hybridized carbons (Fsp3) is 0.909. The van der Waals surface area contributed by atoms with Gasteiger partial charge in [-0.1, -0.05) is 13.8 Å². The molecule has 0 saturated carbocycles. The van der Waals surface area contributed by atoms with Crippen LogP contribution in [0, 0.1) is 11.3 Å². The van der Waals surface area contributed by atoms with E-state index in [0.717, 1.165) is 19.8 Å². The minimum atomic E-state index is -0.125. The van der Waals surface area contributed by atoms with Crippen molar-refractivity contribution in [3.05, 3.63) is 0 Å². The lowest BCUT2D eigenvalue weighted by atomic mass is 9.88. The second-order valence-corrected chi connectivity index (χ2v) is 4.59. The molecule has 4 heteroatoms. The molecule has 0 aromatic rings. The van der Waals surface area contributed by atoms with E-state index < -0.39 is 0 Å². The minimum absolute atomic E-state index is 0.0745. The summed E-state index contributed by atoms with van der Waals surface area (Å²) in [5.41, 5.74) is 0.258. The minimum Gasteiger partial charge on any atom is -0.466 e. The van der Waals surface area contributed by atoms with E-state index in [2.05, 4.69) is 12.2 Å². The maximum Gasteiger partial charge on any atom is 0.309 e. The van der Waals surface area contributed by atoms with Gasteiger partial charge in [0.1, 0.15) is 0 Å².